The van der Waals surface area contributed by atoms with E-state index in [-0.39, 0.29) is 17.6 Å². The number of carbonyl (C=O) groups is 2. The van der Waals surface area contributed by atoms with E-state index in [0.29, 0.717) is 41.9 Å². The van der Waals surface area contributed by atoms with Crippen molar-refractivity contribution >= 4 is 43.7 Å². The van der Waals surface area contributed by atoms with Gasteiger partial charge < -0.3 is 15.2 Å². The van der Waals surface area contributed by atoms with E-state index in [9.17, 15) is 14.7 Å². The van der Waals surface area contributed by atoms with Gasteiger partial charge in [-0.3, -0.25) is 15.0 Å². The second-order valence-electron chi connectivity index (χ2n) is 6.81. The zero-order chi connectivity index (χ0) is 22.6. The molecule has 168 valence electrons. The van der Waals surface area contributed by atoms with Crippen LogP contribution in [0.4, 0.5) is 0 Å². The largest absolute Gasteiger partial charge is 0.503 e. The predicted octanol–water partition coefficient (Wildman–Crippen LogP) is 4.43. The van der Waals surface area contributed by atoms with E-state index in [0.717, 1.165) is 29.3 Å². The van der Waals surface area contributed by atoms with Crippen molar-refractivity contribution in [2.45, 2.75) is 39.2 Å². The number of aromatic hydroxyl groups is 1. The lowest BCUT2D eigenvalue weighted by molar-refractivity contribution is -0.122. The van der Waals surface area contributed by atoms with Crippen molar-refractivity contribution in [3.63, 3.8) is 0 Å². The first-order chi connectivity index (χ1) is 14.9. The fraction of sp³-hybridized carbons (Fsp3) is 0.364. The van der Waals surface area contributed by atoms with Gasteiger partial charge in [0.2, 0.25) is 5.91 Å². The standard InChI is InChI=1S/C22H27Br2N3O4/c1-2-31-19-13-15(12-18(24)21(19)29)14-26-27-20(28)10-4-3-7-11-25-22(30)16-8-5-6-9-17(16)23/h5-6,8-9,12-13,26,29H,2-4,7,10-11,14H2,1H3,(H,25,30)(H,27,28). The van der Waals surface area contributed by atoms with E-state index in [1.54, 1.807) is 18.2 Å². The van der Waals surface area contributed by atoms with Crippen molar-refractivity contribution in [1.29, 1.82) is 0 Å². The molecule has 9 heteroatoms. The number of hydrogen-bond acceptors (Lipinski definition) is 5. The molecular formula is C22H27Br2N3O4. The van der Waals surface area contributed by atoms with Crippen molar-refractivity contribution in [2.24, 2.45) is 0 Å². The number of unbranched alkanes of at least 4 members (excludes halogenated alkanes) is 2. The highest BCUT2D eigenvalue weighted by molar-refractivity contribution is 9.10. The average Bonchev–Trinajstić information content (AvgIpc) is 2.74. The SMILES string of the molecule is CCOc1cc(CNNC(=O)CCCCCNC(=O)c2ccccc2Br)cc(Br)c1O. The molecule has 0 radical (unpaired) electrons. The van der Waals surface area contributed by atoms with Gasteiger partial charge in [-0.1, -0.05) is 18.6 Å². The van der Waals surface area contributed by atoms with Crippen molar-refractivity contribution < 1.29 is 19.4 Å². The molecule has 0 saturated heterocycles. The molecule has 0 aliphatic carbocycles. The van der Waals surface area contributed by atoms with Crippen LogP contribution in [0.15, 0.2) is 45.3 Å². The molecular weight excluding hydrogens is 530 g/mol. The molecule has 7 nitrogen and oxygen atoms in total. The molecule has 0 saturated carbocycles. The van der Waals surface area contributed by atoms with Crippen molar-refractivity contribution in [3.05, 3.63) is 56.5 Å². The molecule has 0 bridgehead atoms. The Hall–Kier alpha value is -2.10. The average molecular weight is 557 g/mol. The van der Waals surface area contributed by atoms with Gasteiger partial charge in [0.1, 0.15) is 0 Å². The minimum absolute atomic E-state index is 0.0576. The summed E-state index contributed by atoms with van der Waals surface area (Å²) < 4.78 is 6.70. The molecule has 2 aromatic carbocycles. The molecule has 0 atom stereocenters. The number of phenols is 1. The summed E-state index contributed by atoms with van der Waals surface area (Å²) in [5.74, 6) is 0.247. The number of hydrogen-bond donors (Lipinski definition) is 4. The van der Waals surface area contributed by atoms with Crippen LogP contribution in [0.25, 0.3) is 0 Å². The van der Waals surface area contributed by atoms with Gasteiger partial charge in [0.05, 0.1) is 16.6 Å². The highest BCUT2D eigenvalue weighted by Gasteiger charge is 2.10. The third-order valence-electron chi connectivity index (χ3n) is 4.39. The Balaban J connectivity index is 1.59. The molecule has 0 aromatic heterocycles. The zero-order valence-electron chi connectivity index (χ0n) is 17.3. The fourth-order valence-electron chi connectivity index (χ4n) is 2.83. The van der Waals surface area contributed by atoms with Crippen molar-refractivity contribution in [1.82, 2.24) is 16.2 Å². The second kappa shape index (κ2) is 13.3. The first-order valence-electron chi connectivity index (χ1n) is 10.1. The summed E-state index contributed by atoms with van der Waals surface area (Å²) in [6, 6.07) is 10.8. The van der Waals surface area contributed by atoms with Gasteiger partial charge in [-0.25, -0.2) is 5.43 Å². The minimum Gasteiger partial charge on any atom is -0.503 e. The van der Waals surface area contributed by atoms with Gasteiger partial charge in [-0.2, -0.15) is 0 Å². The van der Waals surface area contributed by atoms with Crippen LogP contribution in [0.3, 0.4) is 0 Å². The molecule has 4 N–H and O–H groups in total. The Morgan fingerprint density at radius 1 is 1.06 bits per heavy atom. The van der Waals surface area contributed by atoms with E-state index >= 15 is 0 Å². The summed E-state index contributed by atoms with van der Waals surface area (Å²) in [4.78, 5) is 24.1. The van der Waals surface area contributed by atoms with Crippen LogP contribution in [0.5, 0.6) is 11.5 Å². The third-order valence-corrected chi connectivity index (χ3v) is 5.69. The van der Waals surface area contributed by atoms with Crippen LogP contribution in [-0.2, 0) is 11.3 Å². The summed E-state index contributed by atoms with van der Waals surface area (Å²) in [5, 5.41) is 12.8. The van der Waals surface area contributed by atoms with Crippen molar-refractivity contribution in [3.8, 4) is 11.5 Å². The monoisotopic (exact) mass is 555 g/mol. The quantitative estimate of drug-likeness (QED) is 0.229. The number of amides is 2. The first-order valence-corrected chi connectivity index (χ1v) is 11.7. The van der Waals surface area contributed by atoms with Crippen LogP contribution in [0.2, 0.25) is 0 Å². The van der Waals surface area contributed by atoms with Gasteiger partial charge in [0.15, 0.2) is 11.5 Å². The van der Waals surface area contributed by atoms with Crippen LogP contribution in [-0.4, -0.2) is 30.1 Å². The number of halogens is 2. The fourth-order valence-corrected chi connectivity index (χ4v) is 3.79. The molecule has 31 heavy (non-hydrogen) atoms. The lowest BCUT2D eigenvalue weighted by atomic mass is 10.1. The summed E-state index contributed by atoms with van der Waals surface area (Å²) in [6.45, 7) is 3.25. The van der Waals surface area contributed by atoms with Crippen LogP contribution >= 0.6 is 31.9 Å². The molecule has 0 spiro atoms. The number of benzene rings is 2. The Bertz CT molecular complexity index is 893. The third kappa shape index (κ3) is 8.51. The summed E-state index contributed by atoms with van der Waals surface area (Å²) in [7, 11) is 0. The predicted molar refractivity (Wildman–Crippen MR) is 127 cm³/mol. The van der Waals surface area contributed by atoms with E-state index in [1.807, 2.05) is 25.1 Å². The minimum atomic E-state index is -0.109. The van der Waals surface area contributed by atoms with E-state index in [4.69, 9.17) is 4.74 Å². The normalized spacial score (nSPS) is 10.5. The first kappa shape index (κ1) is 25.2. The number of rotatable bonds is 12. The number of nitrogens with one attached hydrogen (secondary N) is 3. The number of hydrazine groups is 1. The highest BCUT2D eigenvalue weighted by atomic mass is 79.9. The van der Waals surface area contributed by atoms with E-state index < -0.39 is 0 Å². The lowest BCUT2D eigenvalue weighted by Gasteiger charge is -2.12. The van der Waals surface area contributed by atoms with Gasteiger partial charge in [-0.05, 0) is 81.5 Å². The lowest BCUT2D eigenvalue weighted by Crippen LogP contribution is -2.36. The second-order valence-corrected chi connectivity index (χ2v) is 8.51. The Morgan fingerprint density at radius 3 is 2.58 bits per heavy atom. The summed E-state index contributed by atoms with van der Waals surface area (Å²) in [5.41, 5.74) is 7.03. The van der Waals surface area contributed by atoms with E-state index in [1.165, 1.54) is 0 Å². The Labute approximate surface area is 199 Å². The molecule has 0 unspecified atom stereocenters. The zero-order valence-corrected chi connectivity index (χ0v) is 20.5. The molecule has 0 aliphatic rings. The van der Waals surface area contributed by atoms with Gasteiger partial charge in [0.25, 0.3) is 5.91 Å². The van der Waals surface area contributed by atoms with Crippen LogP contribution < -0.4 is 20.9 Å². The summed E-state index contributed by atoms with van der Waals surface area (Å²) >= 11 is 6.66. The van der Waals surface area contributed by atoms with Crippen LogP contribution in [0.1, 0.15) is 48.5 Å². The van der Waals surface area contributed by atoms with Gasteiger partial charge in [-0.15, -0.1) is 0 Å². The Kier molecular flexibility index (Phi) is 10.8. The molecule has 2 rings (SSSR count). The van der Waals surface area contributed by atoms with Gasteiger partial charge >= 0.3 is 0 Å². The topological polar surface area (TPSA) is 99.7 Å². The Morgan fingerprint density at radius 2 is 1.84 bits per heavy atom. The molecule has 2 aromatic rings. The maximum atomic E-state index is 12.1. The van der Waals surface area contributed by atoms with E-state index in [2.05, 4.69) is 48.0 Å². The number of ether oxygens (including phenoxy) is 1. The van der Waals surface area contributed by atoms with Crippen molar-refractivity contribution in [2.75, 3.05) is 13.2 Å². The van der Waals surface area contributed by atoms with Gasteiger partial charge in [0, 0.05) is 24.0 Å². The molecule has 0 heterocycles. The summed E-state index contributed by atoms with van der Waals surface area (Å²) in [6.07, 6.45) is 2.78. The number of carbonyl (C=O) groups excluding carboxylic acids is 2. The maximum absolute atomic E-state index is 12.1. The smallest absolute Gasteiger partial charge is 0.252 e. The van der Waals surface area contributed by atoms with Crippen LogP contribution in [0, 0.1) is 0 Å². The molecule has 0 fully saturated rings. The molecule has 0 aliphatic heterocycles. The highest BCUT2D eigenvalue weighted by Crippen LogP contribution is 2.35. The molecule has 2 amide bonds. The number of phenolic OH excluding ortho intramolecular Hbond substituents is 1. The maximum Gasteiger partial charge on any atom is 0.252 e.